The molecule has 0 aliphatic carbocycles. The molecule has 1 atom stereocenters. The van der Waals surface area contributed by atoms with Gasteiger partial charge >= 0.3 is 5.97 Å². The average Bonchev–Trinajstić information content (AvgIpc) is 2.80. The lowest BCUT2D eigenvalue weighted by atomic mass is 9.96. The first-order valence-electron chi connectivity index (χ1n) is 8.05. The van der Waals surface area contributed by atoms with Crippen molar-refractivity contribution in [2.24, 2.45) is 0 Å². The van der Waals surface area contributed by atoms with Gasteiger partial charge in [-0.25, -0.2) is 0 Å². The van der Waals surface area contributed by atoms with Crippen LogP contribution in [0.1, 0.15) is 44.2 Å². The quantitative estimate of drug-likeness (QED) is 0.641. The fourth-order valence-electron chi connectivity index (χ4n) is 2.97. The Labute approximate surface area is 154 Å². The molecule has 1 aromatic carbocycles. The molecular formula is C18H20BrNO5. The summed E-state index contributed by atoms with van der Waals surface area (Å²) in [6.45, 7) is 1.68. The molecule has 7 heteroatoms. The summed E-state index contributed by atoms with van der Waals surface area (Å²) in [5.74, 6) is -2.24. The number of carbonyl (C=O) groups is 3. The number of ketones is 1. The Hall–Kier alpha value is -2.15. The molecular weight excluding hydrogens is 390 g/mol. The highest BCUT2D eigenvalue weighted by Crippen LogP contribution is 2.38. The standard InChI is InChI=1S/C18H20BrNO5/c1-11(21)15-16(12-6-8-13(19)9-7-12)20(18(25)17(15)24)10-4-2-3-5-14(22)23/h6-9,16,24H,2-5,10H2,1H3,(H,22,23)/t16-/m0/s1. The van der Waals surface area contributed by atoms with E-state index in [0.29, 0.717) is 25.8 Å². The number of carboxylic acid groups (broad SMARTS) is 1. The van der Waals surface area contributed by atoms with Gasteiger partial charge in [0.1, 0.15) is 0 Å². The third-order valence-electron chi connectivity index (χ3n) is 4.16. The van der Waals surface area contributed by atoms with Crippen LogP contribution in [-0.4, -0.2) is 39.3 Å². The number of Topliss-reactive ketones (excluding diaryl/α,β-unsaturated/α-hetero) is 1. The zero-order valence-electron chi connectivity index (χ0n) is 13.9. The first-order valence-corrected chi connectivity index (χ1v) is 8.84. The van der Waals surface area contributed by atoms with Crippen molar-refractivity contribution >= 4 is 33.6 Å². The molecule has 1 heterocycles. The summed E-state index contributed by atoms with van der Waals surface area (Å²) in [5.41, 5.74) is 0.856. The smallest absolute Gasteiger partial charge is 0.303 e. The van der Waals surface area contributed by atoms with Crippen molar-refractivity contribution in [3.8, 4) is 0 Å². The maximum Gasteiger partial charge on any atom is 0.303 e. The zero-order valence-corrected chi connectivity index (χ0v) is 15.5. The molecule has 6 nitrogen and oxygen atoms in total. The summed E-state index contributed by atoms with van der Waals surface area (Å²) in [5, 5.41) is 18.8. The van der Waals surface area contributed by atoms with E-state index in [2.05, 4.69) is 15.9 Å². The highest BCUT2D eigenvalue weighted by molar-refractivity contribution is 9.10. The van der Waals surface area contributed by atoms with Gasteiger partial charge in [0, 0.05) is 17.4 Å². The molecule has 25 heavy (non-hydrogen) atoms. The van der Waals surface area contributed by atoms with Crippen LogP contribution in [0.3, 0.4) is 0 Å². The Morgan fingerprint density at radius 3 is 2.36 bits per heavy atom. The number of carboxylic acids is 1. The molecule has 1 aliphatic heterocycles. The van der Waals surface area contributed by atoms with Crippen molar-refractivity contribution in [2.75, 3.05) is 6.54 Å². The second-order valence-corrected chi connectivity index (χ2v) is 6.89. The number of aliphatic carboxylic acids is 1. The molecule has 0 bridgehead atoms. The van der Waals surface area contributed by atoms with Gasteiger partial charge in [0.15, 0.2) is 11.5 Å². The Balaban J connectivity index is 2.19. The van der Waals surface area contributed by atoms with Crippen molar-refractivity contribution in [1.29, 1.82) is 0 Å². The van der Waals surface area contributed by atoms with Gasteiger partial charge in [-0.1, -0.05) is 34.5 Å². The number of unbranched alkanes of at least 4 members (excludes halogenated alkanes) is 2. The van der Waals surface area contributed by atoms with E-state index in [-0.39, 0.29) is 17.8 Å². The Morgan fingerprint density at radius 1 is 1.16 bits per heavy atom. The summed E-state index contributed by atoms with van der Waals surface area (Å²) in [7, 11) is 0. The van der Waals surface area contributed by atoms with Crippen molar-refractivity contribution < 1.29 is 24.6 Å². The highest BCUT2D eigenvalue weighted by Gasteiger charge is 2.41. The second-order valence-electron chi connectivity index (χ2n) is 5.98. The fraction of sp³-hybridized carbons (Fsp3) is 0.389. The third-order valence-corrected chi connectivity index (χ3v) is 4.69. The lowest BCUT2D eigenvalue weighted by Gasteiger charge is -2.26. The molecule has 0 saturated heterocycles. The molecule has 134 valence electrons. The second kappa shape index (κ2) is 8.29. The van der Waals surface area contributed by atoms with Crippen LogP contribution >= 0.6 is 15.9 Å². The summed E-state index contributed by atoms with van der Waals surface area (Å²) in [4.78, 5) is 36.4. The minimum Gasteiger partial charge on any atom is -0.503 e. The SMILES string of the molecule is CC(=O)C1=C(O)C(=O)N(CCCCCC(=O)O)[C@H]1c1ccc(Br)cc1. The number of aliphatic hydroxyl groups is 1. The predicted molar refractivity (Wildman–Crippen MR) is 95.0 cm³/mol. The van der Waals surface area contributed by atoms with Crippen molar-refractivity contribution in [3.63, 3.8) is 0 Å². The van der Waals surface area contributed by atoms with Gasteiger partial charge in [0.2, 0.25) is 0 Å². The Kier molecular flexibility index (Phi) is 6.36. The monoisotopic (exact) mass is 409 g/mol. The van der Waals surface area contributed by atoms with Crippen LogP contribution in [-0.2, 0) is 14.4 Å². The molecule has 2 N–H and O–H groups in total. The number of nitrogens with zero attached hydrogens (tertiary/aromatic N) is 1. The number of amides is 1. The van der Waals surface area contributed by atoms with E-state index in [1.165, 1.54) is 11.8 Å². The first-order chi connectivity index (χ1) is 11.8. The van der Waals surface area contributed by atoms with Crippen LogP contribution in [0.5, 0.6) is 0 Å². The fourth-order valence-corrected chi connectivity index (χ4v) is 3.23. The number of carbonyl (C=O) groups excluding carboxylic acids is 2. The molecule has 1 aromatic rings. The van der Waals surface area contributed by atoms with Gasteiger partial charge in [-0.15, -0.1) is 0 Å². The number of benzene rings is 1. The van der Waals surface area contributed by atoms with Gasteiger partial charge < -0.3 is 15.1 Å². The topological polar surface area (TPSA) is 94.9 Å². The predicted octanol–water partition coefficient (Wildman–Crippen LogP) is 3.38. The summed E-state index contributed by atoms with van der Waals surface area (Å²) in [6.07, 6.45) is 1.87. The van der Waals surface area contributed by atoms with Crippen LogP contribution in [0.15, 0.2) is 40.1 Å². The van der Waals surface area contributed by atoms with E-state index in [4.69, 9.17) is 5.11 Å². The van der Waals surface area contributed by atoms with Crippen LogP contribution in [0.2, 0.25) is 0 Å². The zero-order chi connectivity index (χ0) is 18.6. The van der Waals surface area contributed by atoms with E-state index in [1.54, 1.807) is 12.1 Å². The molecule has 2 rings (SSSR count). The van der Waals surface area contributed by atoms with Crippen LogP contribution < -0.4 is 0 Å². The van der Waals surface area contributed by atoms with Gasteiger partial charge in [-0.05, 0) is 37.5 Å². The number of hydrogen-bond donors (Lipinski definition) is 2. The van der Waals surface area contributed by atoms with E-state index < -0.39 is 23.7 Å². The molecule has 0 unspecified atom stereocenters. The largest absolute Gasteiger partial charge is 0.503 e. The normalized spacial score (nSPS) is 17.3. The number of halogens is 1. The number of aliphatic hydroxyl groups excluding tert-OH is 1. The molecule has 0 radical (unpaired) electrons. The van der Waals surface area contributed by atoms with E-state index in [0.717, 1.165) is 10.0 Å². The molecule has 0 fully saturated rings. The third kappa shape index (κ3) is 4.48. The average molecular weight is 410 g/mol. The van der Waals surface area contributed by atoms with Gasteiger partial charge in [0.05, 0.1) is 11.6 Å². The highest BCUT2D eigenvalue weighted by atomic mass is 79.9. The van der Waals surface area contributed by atoms with E-state index in [9.17, 15) is 19.5 Å². The molecule has 0 spiro atoms. The molecule has 0 aromatic heterocycles. The minimum absolute atomic E-state index is 0.0896. The molecule has 0 saturated carbocycles. The lowest BCUT2D eigenvalue weighted by molar-refractivity contribution is -0.137. The number of hydrogen-bond acceptors (Lipinski definition) is 4. The van der Waals surface area contributed by atoms with Crippen molar-refractivity contribution in [1.82, 2.24) is 4.90 Å². The van der Waals surface area contributed by atoms with Gasteiger partial charge in [0.25, 0.3) is 5.91 Å². The van der Waals surface area contributed by atoms with Gasteiger partial charge in [-0.3, -0.25) is 14.4 Å². The minimum atomic E-state index is -0.844. The Morgan fingerprint density at radius 2 is 1.80 bits per heavy atom. The van der Waals surface area contributed by atoms with Crippen LogP contribution in [0, 0.1) is 0 Å². The number of rotatable bonds is 8. The van der Waals surface area contributed by atoms with Crippen molar-refractivity contribution in [3.05, 3.63) is 45.6 Å². The van der Waals surface area contributed by atoms with Crippen LogP contribution in [0.4, 0.5) is 0 Å². The Bertz CT molecular complexity index is 711. The summed E-state index contributed by atoms with van der Waals surface area (Å²) in [6, 6.07) is 6.63. The first kappa shape index (κ1) is 19.2. The molecule has 1 aliphatic rings. The summed E-state index contributed by atoms with van der Waals surface area (Å²) < 4.78 is 0.873. The van der Waals surface area contributed by atoms with E-state index in [1.807, 2.05) is 12.1 Å². The van der Waals surface area contributed by atoms with E-state index >= 15 is 0 Å². The lowest BCUT2D eigenvalue weighted by Crippen LogP contribution is -2.32. The maximum absolute atomic E-state index is 12.4. The maximum atomic E-state index is 12.4. The van der Waals surface area contributed by atoms with Gasteiger partial charge in [-0.2, -0.15) is 0 Å². The van der Waals surface area contributed by atoms with Crippen molar-refractivity contribution in [2.45, 2.75) is 38.6 Å². The summed E-state index contributed by atoms with van der Waals surface area (Å²) >= 11 is 3.35. The molecule has 1 amide bonds. The van der Waals surface area contributed by atoms with Crippen LogP contribution in [0.25, 0.3) is 0 Å².